The minimum atomic E-state index is -0.965. The lowest BCUT2D eigenvalue weighted by Crippen LogP contribution is -2.35. The summed E-state index contributed by atoms with van der Waals surface area (Å²) in [5.74, 6) is -1.43. The maximum Gasteiger partial charge on any atom is 0.305 e. The highest BCUT2D eigenvalue weighted by Gasteiger charge is 2.24. The quantitative estimate of drug-likeness (QED) is 0.202. The standard InChI is InChI=1S/C36H32N2O4/c1-37(33-21-11-15-27-14-5-6-16-28(27)33)35(41)31-19-9-7-17-29(31)30-18-8-10-20-32(30)36(42)38(25-23-34(39)40)24-22-26-12-3-2-4-13-26/h2-21H,22-25H2,1H3,(H,39,40). The largest absolute Gasteiger partial charge is 0.481 e. The maximum atomic E-state index is 14.0. The fourth-order valence-corrected chi connectivity index (χ4v) is 5.22. The molecule has 5 aromatic rings. The van der Waals surface area contributed by atoms with E-state index in [1.807, 2.05) is 103 Å². The predicted molar refractivity (Wildman–Crippen MR) is 167 cm³/mol. The van der Waals surface area contributed by atoms with Crippen molar-refractivity contribution in [2.24, 2.45) is 0 Å². The van der Waals surface area contributed by atoms with Gasteiger partial charge < -0.3 is 14.9 Å². The summed E-state index contributed by atoms with van der Waals surface area (Å²) in [5.41, 5.74) is 4.00. The molecule has 0 saturated carbocycles. The lowest BCUT2D eigenvalue weighted by atomic mass is 9.93. The molecule has 1 N–H and O–H groups in total. The molecule has 6 nitrogen and oxygen atoms in total. The average molecular weight is 557 g/mol. The van der Waals surface area contributed by atoms with Crippen molar-refractivity contribution in [2.75, 3.05) is 25.0 Å². The van der Waals surface area contributed by atoms with E-state index >= 15 is 0 Å². The zero-order valence-corrected chi connectivity index (χ0v) is 23.4. The van der Waals surface area contributed by atoms with Crippen LogP contribution < -0.4 is 4.90 Å². The van der Waals surface area contributed by atoms with E-state index in [4.69, 9.17) is 0 Å². The Bertz CT molecular complexity index is 1730. The van der Waals surface area contributed by atoms with Crippen LogP contribution >= 0.6 is 0 Å². The first-order chi connectivity index (χ1) is 20.4. The SMILES string of the molecule is CN(C(=O)c1ccccc1-c1ccccc1C(=O)N(CCC(=O)O)CCc1ccccc1)c1cccc2ccccc12. The summed E-state index contributed by atoms with van der Waals surface area (Å²) in [6.45, 7) is 0.453. The van der Waals surface area contributed by atoms with Crippen LogP contribution in [0.5, 0.6) is 0 Å². The van der Waals surface area contributed by atoms with Gasteiger partial charge in [-0.15, -0.1) is 0 Å². The van der Waals surface area contributed by atoms with E-state index in [0.29, 0.717) is 35.2 Å². The molecule has 0 aliphatic rings. The molecule has 0 aliphatic carbocycles. The van der Waals surface area contributed by atoms with Crippen molar-refractivity contribution in [1.29, 1.82) is 0 Å². The molecule has 0 heterocycles. The summed E-state index contributed by atoms with van der Waals surface area (Å²) in [5, 5.41) is 11.4. The lowest BCUT2D eigenvalue weighted by molar-refractivity contribution is -0.137. The number of carboxylic acids is 1. The number of rotatable bonds is 10. The molecule has 0 fully saturated rings. The Balaban J connectivity index is 1.49. The van der Waals surface area contributed by atoms with Gasteiger partial charge in [-0.05, 0) is 46.7 Å². The van der Waals surface area contributed by atoms with Crippen molar-refractivity contribution in [3.05, 3.63) is 138 Å². The Kier molecular flexibility index (Phi) is 8.73. The molecule has 0 aliphatic heterocycles. The number of hydrogen-bond donors (Lipinski definition) is 1. The number of aliphatic carboxylic acids is 1. The molecule has 0 saturated heterocycles. The van der Waals surface area contributed by atoms with Crippen molar-refractivity contribution >= 4 is 34.2 Å². The van der Waals surface area contributed by atoms with Gasteiger partial charge in [-0.1, -0.05) is 103 Å². The van der Waals surface area contributed by atoms with Gasteiger partial charge in [0.2, 0.25) is 0 Å². The Labute approximate surface area is 245 Å². The molecule has 5 aromatic carbocycles. The molecule has 0 radical (unpaired) electrons. The second-order valence-corrected chi connectivity index (χ2v) is 10.1. The Morgan fingerprint density at radius 3 is 1.88 bits per heavy atom. The van der Waals surface area contributed by atoms with Crippen LogP contribution in [-0.4, -0.2) is 47.9 Å². The molecule has 2 amide bonds. The average Bonchev–Trinajstić information content (AvgIpc) is 3.04. The number of carboxylic acid groups (broad SMARTS) is 1. The summed E-state index contributed by atoms with van der Waals surface area (Å²) < 4.78 is 0. The summed E-state index contributed by atoms with van der Waals surface area (Å²) in [6.07, 6.45) is 0.437. The fourth-order valence-electron chi connectivity index (χ4n) is 5.22. The fraction of sp³-hybridized carbons (Fsp3) is 0.139. The highest BCUT2D eigenvalue weighted by molar-refractivity contribution is 6.14. The molecule has 0 unspecified atom stereocenters. The highest BCUT2D eigenvalue weighted by atomic mass is 16.4. The molecule has 6 heteroatoms. The topological polar surface area (TPSA) is 77.9 Å². The summed E-state index contributed by atoms with van der Waals surface area (Å²) >= 11 is 0. The summed E-state index contributed by atoms with van der Waals surface area (Å²) in [6, 6.07) is 38.1. The van der Waals surface area contributed by atoms with Gasteiger partial charge in [0.1, 0.15) is 0 Å². The van der Waals surface area contributed by atoms with Crippen LogP contribution in [0.15, 0.2) is 121 Å². The van der Waals surface area contributed by atoms with Gasteiger partial charge in [0, 0.05) is 36.7 Å². The third kappa shape index (κ3) is 6.23. The van der Waals surface area contributed by atoms with Crippen LogP contribution in [-0.2, 0) is 11.2 Å². The van der Waals surface area contributed by atoms with Gasteiger partial charge in [-0.25, -0.2) is 0 Å². The molecule has 210 valence electrons. The Morgan fingerprint density at radius 2 is 1.19 bits per heavy atom. The molecule has 5 rings (SSSR count). The normalized spacial score (nSPS) is 10.8. The summed E-state index contributed by atoms with van der Waals surface area (Å²) in [4.78, 5) is 42.7. The van der Waals surface area contributed by atoms with E-state index in [1.165, 1.54) is 0 Å². The first kappa shape index (κ1) is 28.3. The zero-order chi connectivity index (χ0) is 29.5. The van der Waals surface area contributed by atoms with Gasteiger partial charge in [0.05, 0.1) is 12.1 Å². The number of fused-ring (bicyclic) bond motifs is 1. The smallest absolute Gasteiger partial charge is 0.305 e. The van der Waals surface area contributed by atoms with Gasteiger partial charge >= 0.3 is 5.97 Å². The van der Waals surface area contributed by atoms with Gasteiger partial charge in [-0.2, -0.15) is 0 Å². The second-order valence-electron chi connectivity index (χ2n) is 10.1. The third-order valence-corrected chi connectivity index (χ3v) is 7.43. The minimum Gasteiger partial charge on any atom is -0.481 e. The van der Waals surface area contributed by atoms with E-state index in [9.17, 15) is 19.5 Å². The van der Waals surface area contributed by atoms with Crippen molar-refractivity contribution in [3.8, 4) is 11.1 Å². The minimum absolute atomic E-state index is 0.0831. The van der Waals surface area contributed by atoms with E-state index in [1.54, 1.807) is 35.0 Å². The van der Waals surface area contributed by atoms with Crippen molar-refractivity contribution in [1.82, 2.24) is 4.90 Å². The maximum absolute atomic E-state index is 14.0. The molecule has 0 spiro atoms. The first-order valence-corrected chi connectivity index (χ1v) is 13.9. The van der Waals surface area contributed by atoms with E-state index in [-0.39, 0.29) is 24.8 Å². The van der Waals surface area contributed by atoms with Crippen LogP contribution in [0.4, 0.5) is 5.69 Å². The zero-order valence-electron chi connectivity index (χ0n) is 23.4. The van der Waals surface area contributed by atoms with E-state index < -0.39 is 5.97 Å². The number of carbonyl (C=O) groups excluding carboxylic acids is 2. The predicted octanol–water partition coefficient (Wildman–Crippen LogP) is 6.94. The van der Waals surface area contributed by atoms with Crippen LogP contribution in [0, 0.1) is 0 Å². The number of hydrogen-bond acceptors (Lipinski definition) is 3. The van der Waals surface area contributed by atoms with E-state index in [2.05, 4.69) is 0 Å². The van der Waals surface area contributed by atoms with Crippen LogP contribution in [0.3, 0.4) is 0 Å². The molecule has 0 atom stereocenters. The molecular weight excluding hydrogens is 524 g/mol. The summed E-state index contributed by atoms with van der Waals surface area (Å²) in [7, 11) is 1.76. The Morgan fingerprint density at radius 1 is 0.619 bits per heavy atom. The highest BCUT2D eigenvalue weighted by Crippen LogP contribution is 2.32. The van der Waals surface area contributed by atoms with Crippen molar-refractivity contribution in [3.63, 3.8) is 0 Å². The molecule has 0 aromatic heterocycles. The Hall–Kier alpha value is -5.23. The number of nitrogens with zero attached hydrogens (tertiary/aromatic N) is 2. The van der Waals surface area contributed by atoms with Crippen molar-refractivity contribution in [2.45, 2.75) is 12.8 Å². The lowest BCUT2D eigenvalue weighted by Gasteiger charge is -2.25. The third-order valence-electron chi connectivity index (χ3n) is 7.43. The van der Waals surface area contributed by atoms with E-state index in [0.717, 1.165) is 22.0 Å². The monoisotopic (exact) mass is 556 g/mol. The second kappa shape index (κ2) is 13.0. The molecule has 0 bridgehead atoms. The number of anilines is 1. The van der Waals surface area contributed by atoms with Gasteiger partial charge in [0.15, 0.2) is 0 Å². The first-order valence-electron chi connectivity index (χ1n) is 13.9. The van der Waals surface area contributed by atoms with Gasteiger partial charge in [0.25, 0.3) is 11.8 Å². The number of amides is 2. The van der Waals surface area contributed by atoms with Crippen molar-refractivity contribution < 1.29 is 19.5 Å². The van der Waals surface area contributed by atoms with Crippen LogP contribution in [0.1, 0.15) is 32.7 Å². The number of carbonyl (C=O) groups is 3. The number of benzene rings is 5. The van der Waals surface area contributed by atoms with Crippen LogP contribution in [0.2, 0.25) is 0 Å². The molecular formula is C36H32N2O4. The van der Waals surface area contributed by atoms with Gasteiger partial charge in [-0.3, -0.25) is 14.4 Å². The van der Waals surface area contributed by atoms with Crippen LogP contribution in [0.25, 0.3) is 21.9 Å². The molecule has 42 heavy (non-hydrogen) atoms.